The van der Waals surface area contributed by atoms with Crippen LogP contribution < -0.4 is 10.9 Å². The number of rotatable bonds is 3. The van der Waals surface area contributed by atoms with Crippen LogP contribution in [0.1, 0.15) is 33.2 Å². The van der Waals surface area contributed by atoms with Crippen molar-refractivity contribution >= 4 is 11.8 Å². The number of carbonyl (C=O) groups excluding carboxylic acids is 1. The Kier molecular flexibility index (Phi) is 3.85. The molecule has 1 unspecified atom stereocenters. The molecule has 6 heteroatoms. The lowest BCUT2D eigenvalue weighted by atomic mass is 10.2. The summed E-state index contributed by atoms with van der Waals surface area (Å²) >= 11 is 0. The first-order chi connectivity index (χ1) is 9.31. The number of methoxy groups -OCH3 is 1. The average Bonchev–Trinajstić information content (AvgIpc) is 3.08. The maximum Gasteiger partial charge on any atom is 0.412 e. The van der Waals surface area contributed by atoms with Gasteiger partial charge in [0.25, 0.3) is 5.56 Å². The number of pyridine rings is 1. The molecule has 2 rings (SSSR count). The maximum absolute atomic E-state index is 12.3. The van der Waals surface area contributed by atoms with Crippen LogP contribution in [0.4, 0.5) is 10.5 Å². The third kappa shape index (κ3) is 3.39. The first kappa shape index (κ1) is 14.6. The van der Waals surface area contributed by atoms with E-state index in [-0.39, 0.29) is 23.4 Å². The molecule has 1 fully saturated rings. The molecule has 6 nitrogen and oxygen atoms in total. The zero-order chi connectivity index (χ0) is 14.9. The summed E-state index contributed by atoms with van der Waals surface area (Å²) in [5.74, 6) is 0. The third-order valence-electron chi connectivity index (χ3n) is 2.97. The average molecular weight is 280 g/mol. The molecule has 20 heavy (non-hydrogen) atoms. The van der Waals surface area contributed by atoms with Crippen molar-refractivity contribution in [3.8, 4) is 0 Å². The molecular formula is C14H20N2O4. The quantitative estimate of drug-likeness (QED) is 0.921. The predicted molar refractivity (Wildman–Crippen MR) is 75.0 cm³/mol. The first-order valence-electron chi connectivity index (χ1n) is 6.56. The molecule has 0 spiro atoms. The first-order valence-corrected chi connectivity index (χ1v) is 6.56. The Morgan fingerprint density at radius 1 is 1.45 bits per heavy atom. The fourth-order valence-corrected chi connectivity index (χ4v) is 1.99. The van der Waals surface area contributed by atoms with Gasteiger partial charge in [-0.3, -0.25) is 10.1 Å². The van der Waals surface area contributed by atoms with Crippen molar-refractivity contribution in [2.24, 2.45) is 0 Å². The summed E-state index contributed by atoms with van der Waals surface area (Å²) in [4.78, 5) is 23.9. The molecular weight excluding hydrogens is 260 g/mol. The van der Waals surface area contributed by atoms with E-state index >= 15 is 0 Å². The van der Waals surface area contributed by atoms with Gasteiger partial charge in [-0.15, -0.1) is 0 Å². The fraction of sp³-hybridized carbons (Fsp3) is 0.571. The lowest BCUT2D eigenvalue weighted by Crippen LogP contribution is -2.30. The molecule has 1 aliphatic carbocycles. The zero-order valence-corrected chi connectivity index (χ0v) is 12.2. The van der Waals surface area contributed by atoms with Crippen LogP contribution in [0.5, 0.6) is 0 Å². The van der Waals surface area contributed by atoms with Crippen molar-refractivity contribution in [1.29, 1.82) is 0 Å². The second-order valence-corrected chi connectivity index (χ2v) is 5.84. The number of hydrogen-bond donors (Lipinski definition) is 1. The number of nitrogens with zero attached hydrogens (tertiary/aromatic N) is 1. The standard InChI is InChI=1S/C14H20N2O4/c1-14(2,3)20-13(18)15-9-6-5-7-16(12(9)17)10-8-11(10)19-4/h5-7,10-11H,8H2,1-4H3,(H,15,18)/t10-,11?/m0/s1. The minimum absolute atomic E-state index is 0.0490. The van der Waals surface area contributed by atoms with Crippen molar-refractivity contribution in [2.45, 2.75) is 44.9 Å². The molecule has 1 heterocycles. The zero-order valence-electron chi connectivity index (χ0n) is 12.2. The van der Waals surface area contributed by atoms with E-state index in [4.69, 9.17) is 9.47 Å². The molecule has 1 aromatic heterocycles. The molecule has 110 valence electrons. The van der Waals surface area contributed by atoms with E-state index in [0.29, 0.717) is 0 Å². The Hall–Kier alpha value is -1.82. The second-order valence-electron chi connectivity index (χ2n) is 5.84. The van der Waals surface area contributed by atoms with E-state index < -0.39 is 11.7 Å². The predicted octanol–water partition coefficient (Wildman–Crippen LogP) is 2.16. The van der Waals surface area contributed by atoms with Crippen LogP contribution in [-0.2, 0) is 9.47 Å². The number of aromatic nitrogens is 1. The van der Waals surface area contributed by atoms with Crippen molar-refractivity contribution in [2.75, 3.05) is 12.4 Å². The Balaban J connectivity index is 2.12. The van der Waals surface area contributed by atoms with Gasteiger partial charge < -0.3 is 14.0 Å². The number of nitrogens with one attached hydrogen (secondary N) is 1. The van der Waals surface area contributed by atoms with Gasteiger partial charge in [-0.2, -0.15) is 0 Å². The lowest BCUT2D eigenvalue weighted by Gasteiger charge is -2.19. The van der Waals surface area contributed by atoms with Gasteiger partial charge in [0.1, 0.15) is 11.3 Å². The monoisotopic (exact) mass is 280 g/mol. The highest BCUT2D eigenvalue weighted by atomic mass is 16.6. The summed E-state index contributed by atoms with van der Waals surface area (Å²) in [6, 6.07) is 3.33. The molecule has 0 aromatic carbocycles. The summed E-state index contributed by atoms with van der Waals surface area (Å²) in [7, 11) is 1.62. The van der Waals surface area contributed by atoms with E-state index in [1.807, 2.05) is 0 Å². The van der Waals surface area contributed by atoms with Gasteiger partial charge >= 0.3 is 6.09 Å². The number of hydrogen-bond acceptors (Lipinski definition) is 4. The molecule has 2 atom stereocenters. The molecule has 1 N–H and O–H groups in total. The molecule has 0 bridgehead atoms. The van der Waals surface area contributed by atoms with Crippen LogP contribution in [0, 0.1) is 0 Å². The molecule has 1 saturated carbocycles. The maximum atomic E-state index is 12.3. The second kappa shape index (κ2) is 5.28. The Morgan fingerprint density at radius 2 is 2.15 bits per heavy atom. The topological polar surface area (TPSA) is 69.6 Å². The summed E-state index contributed by atoms with van der Waals surface area (Å²) in [5, 5.41) is 2.49. The number of anilines is 1. The number of ether oxygens (including phenoxy) is 2. The van der Waals surface area contributed by atoms with E-state index in [0.717, 1.165) is 6.42 Å². The molecule has 1 aromatic rings. The van der Waals surface area contributed by atoms with Gasteiger partial charge in [0, 0.05) is 13.3 Å². The molecule has 1 aliphatic rings. The smallest absolute Gasteiger partial charge is 0.412 e. The molecule has 0 saturated heterocycles. The highest BCUT2D eigenvalue weighted by Crippen LogP contribution is 2.37. The summed E-state index contributed by atoms with van der Waals surface area (Å²) in [6.45, 7) is 5.30. The number of carbonyl (C=O) groups is 1. The van der Waals surface area contributed by atoms with Gasteiger partial charge in [-0.1, -0.05) is 0 Å². The Labute approximate surface area is 117 Å². The highest BCUT2D eigenvalue weighted by Gasteiger charge is 2.39. The van der Waals surface area contributed by atoms with Gasteiger partial charge in [-0.25, -0.2) is 4.79 Å². The van der Waals surface area contributed by atoms with Crippen LogP contribution in [0.3, 0.4) is 0 Å². The van der Waals surface area contributed by atoms with Crippen LogP contribution >= 0.6 is 0 Å². The van der Waals surface area contributed by atoms with Crippen LogP contribution in [0.15, 0.2) is 23.1 Å². The molecule has 0 aliphatic heterocycles. The summed E-state index contributed by atoms with van der Waals surface area (Å²) in [6.07, 6.45) is 1.95. The Bertz CT molecular complexity index is 559. The largest absolute Gasteiger partial charge is 0.444 e. The summed E-state index contributed by atoms with van der Waals surface area (Å²) < 4.78 is 11.9. The molecule has 0 radical (unpaired) electrons. The number of amides is 1. The SMILES string of the molecule is COC1C[C@@H]1n1cccc(NC(=O)OC(C)(C)C)c1=O. The third-order valence-corrected chi connectivity index (χ3v) is 2.97. The molecule has 1 amide bonds. The van der Waals surface area contributed by atoms with Crippen molar-refractivity contribution in [3.05, 3.63) is 28.7 Å². The normalized spacial score (nSPS) is 21.4. The Morgan fingerprint density at radius 3 is 2.70 bits per heavy atom. The lowest BCUT2D eigenvalue weighted by molar-refractivity contribution is 0.0635. The summed E-state index contributed by atoms with van der Waals surface area (Å²) in [5.41, 5.74) is -0.637. The van der Waals surface area contributed by atoms with Crippen molar-refractivity contribution in [1.82, 2.24) is 4.57 Å². The van der Waals surface area contributed by atoms with E-state index in [2.05, 4.69) is 5.32 Å². The fourth-order valence-electron chi connectivity index (χ4n) is 1.99. The van der Waals surface area contributed by atoms with Crippen molar-refractivity contribution < 1.29 is 14.3 Å². The van der Waals surface area contributed by atoms with E-state index in [9.17, 15) is 9.59 Å². The van der Waals surface area contributed by atoms with Gasteiger partial charge in [0.2, 0.25) is 0 Å². The van der Waals surface area contributed by atoms with Crippen LogP contribution in [-0.4, -0.2) is 29.5 Å². The van der Waals surface area contributed by atoms with E-state index in [1.165, 1.54) is 0 Å². The van der Waals surface area contributed by atoms with Crippen LogP contribution in [0.25, 0.3) is 0 Å². The van der Waals surface area contributed by atoms with Gasteiger partial charge in [0.05, 0.1) is 12.1 Å². The van der Waals surface area contributed by atoms with E-state index in [1.54, 1.807) is 50.8 Å². The van der Waals surface area contributed by atoms with Gasteiger partial charge in [0.15, 0.2) is 0 Å². The van der Waals surface area contributed by atoms with Gasteiger partial charge in [-0.05, 0) is 39.3 Å². The minimum Gasteiger partial charge on any atom is -0.444 e. The van der Waals surface area contributed by atoms with Crippen molar-refractivity contribution in [3.63, 3.8) is 0 Å². The van der Waals surface area contributed by atoms with Crippen LogP contribution in [0.2, 0.25) is 0 Å². The highest BCUT2D eigenvalue weighted by molar-refractivity contribution is 5.84. The minimum atomic E-state index is -0.633.